The Morgan fingerprint density at radius 1 is 1.17 bits per heavy atom. The maximum Gasteiger partial charge on any atom is 0.433 e. The van der Waals surface area contributed by atoms with E-state index in [4.69, 9.17) is 4.74 Å². The first-order chi connectivity index (χ1) is 16.4. The quantitative estimate of drug-likeness (QED) is 0.559. The van der Waals surface area contributed by atoms with Crippen LogP contribution in [0.15, 0.2) is 24.5 Å². The van der Waals surface area contributed by atoms with Crippen molar-refractivity contribution < 1.29 is 27.1 Å². The second-order valence-corrected chi connectivity index (χ2v) is 10.1. The summed E-state index contributed by atoms with van der Waals surface area (Å²) in [5.41, 5.74) is -1.06. The molecule has 0 aromatic carbocycles. The maximum atomic E-state index is 15.4. The Hall–Kier alpha value is -2.69. The van der Waals surface area contributed by atoms with Gasteiger partial charge in [0.2, 0.25) is 0 Å². The normalized spacial score (nSPS) is 21.6. The zero-order valence-corrected chi connectivity index (χ0v) is 20.2. The van der Waals surface area contributed by atoms with Crippen LogP contribution in [0.1, 0.15) is 51.0 Å². The molecule has 0 spiro atoms. The largest absolute Gasteiger partial charge is 0.444 e. The lowest BCUT2D eigenvalue weighted by atomic mass is 9.94. The van der Waals surface area contributed by atoms with Crippen LogP contribution in [0, 0.1) is 0 Å². The average molecular weight is 498 g/mol. The minimum atomic E-state index is -4.57. The zero-order valence-electron chi connectivity index (χ0n) is 20.2. The van der Waals surface area contributed by atoms with E-state index >= 15 is 4.39 Å². The monoisotopic (exact) mass is 497 g/mol. The molecule has 2 aliphatic heterocycles. The van der Waals surface area contributed by atoms with Crippen LogP contribution in [-0.4, -0.2) is 74.9 Å². The number of pyridine rings is 1. The van der Waals surface area contributed by atoms with Gasteiger partial charge in [0, 0.05) is 37.6 Å². The number of amides is 1. The Morgan fingerprint density at radius 2 is 1.91 bits per heavy atom. The van der Waals surface area contributed by atoms with Gasteiger partial charge in [-0.3, -0.25) is 4.98 Å². The maximum absolute atomic E-state index is 15.4. The number of carbonyl (C=O) groups excluding carboxylic acids is 1. The molecule has 1 amide bonds. The molecule has 2 unspecified atom stereocenters. The van der Waals surface area contributed by atoms with Crippen LogP contribution in [-0.2, 0) is 17.5 Å². The lowest BCUT2D eigenvalue weighted by Gasteiger charge is -2.36. The van der Waals surface area contributed by atoms with Crippen molar-refractivity contribution in [3.63, 3.8) is 0 Å². The van der Waals surface area contributed by atoms with E-state index in [-0.39, 0.29) is 12.1 Å². The van der Waals surface area contributed by atoms with Crippen molar-refractivity contribution in [2.45, 2.75) is 64.0 Å². The molecular weight excluding hydrogens is 466 g/mol. The molecule has 4 heterocycles. The van der Waals surface area contributed by atoms with E-state index < -0.39 is 35.7 Å². The fourth-order valence-electron chi connectivity index (χ4n) is 4.33. The molecule has 2 aliphatic rings. The van der Waals surface area contributed by atoms with Crippen molar-refractivity contribution in [3.8, 4) is 11.3 Å². The Kier molecular flexibility index (Phi) is 7.08. The molecule has 11 heteroatoms. The Morgan fingerprint density at radius 3 is 2.51 bits per heavy atom. The van der Waals surface area contributed by atoms with Crippen molar-refractivity contribution in [1.82, 2.24) is 24.3 Å². The van der Waals surface area contributed by atoms with Crippen LogP contribution in [0.2, 0.25) is 0 Å². The van der Waals surface area contributed by atoms with Gasteiger partial charge < -0.3 is 19.1 Å². The minimum absolute atomic E-state index is 0.124. The Balaban J connectivity index is 1.57. The van der Waals surface area contributed by atoms with Crippen LogP contribution in [0.5, 0.6) is 0 Å². The fraction of sp³-hybridized carbons (Fsp3) is 0.625. The summed E-state index contributed by atoms with van der Waals surface area (Å²) in [7, 11) is 0. The predicted octanol–water partition coefficient (Wildman–Crippen LogP) is 4.73. The van der Waals surface area contributed by atoms with E-state index in [9.17, 15) is 18.0 Å². The lowest BCUT2D eigenvalue weighted by Crippen LogP contribution is -2.46. The van der Waals surface area contributed by atoms with Crippen molar-refractivity contribution in [3.05, 3.63) is 36.0 Å². The Labute approximate surface area is 202 Å². The molecule has 2 aromatic heterocycles. The molecule has 2 saturated heterocycles. The zero-order chi connectivity index (χ0) is 25.4. The smallest absolute Gasteiger partial charge is 0.433 e. The van der Waals surface area contributed by atoms with Crippen molar-refractivity contribution in [2.75, 3.05) is 32.7 Å². The molecule has 0 radical (unpaired) electrons. The summed E-state index contributed by atoms with van der Waals surface area (Å²) in [6.07, 6.45) is -2.24. The summed E-state index contributed by atoms with van der Waals surface area (Å²) in [4.78, 5) is 24.0. The van der Waals surface area contributed by atoms with Gasteiger partial charge >= 0.3 is 12.3 Å². The van der Waals surface area contributed by atoms with Gasteiger partial charge in [0.05, 0.1) is 18.2 Å². The third-order valence-corrected chi connectivity index (χ3v) is 6.28. The van der Waals surface area contributed by atoms with Gasteiger partial charge in [0.1, 0.15) is 23.3 Å². The minimum Gasteiger partial charge on any atom is -0.444 e. The summed E-state index contributed by atoms with van der Waals surface area (Å²) >= 11 is 0. The van der Waals surface area contributed by atoms with Crippen LogP contribution in [0.25, 0.3) is 11.3 Å². The van der Waals surface area contributed by atoms with E-state index in [1.165, 1.54) is 11.0 Å². The fourth-order valence-corrected chi connectivity index (χ4v) is 4.33. The topological polar surface area (TPSA) is 63.5 Å². The Bertz CT molecular complexity index is 1050. The van der Waals surface area contributed by atoms with Gasteiger partial charge in [-0.25, -0.2) is 14.2 Å². The van der Waals surface area contributed by atoms with Gasteiger partial charge in [-0.05, 0) is 58.8 Å². The van der Waals surface area contributed by atoms with E-state index in [0.29, 0.717) is 31.0 Å². The van der Waals surface area contributed by atoms with Crippen LogP contribution < -0.4 is 0 Å². The molecule has 2 aromatic rings. The van der Waals surface area contributed by atoms with Gasteiger partial charge in [0.15, 0.2) is 0 Å². The van der Waals surface area contributed by atoms with E-state index in [1.807, 2.05) is 4.57 Å². The van der Waals surface area contributed by atoms with E-state index in [2.05, 4.69) is 14.9 Å². The third kappa shape index (κ3) is 6.12. The number of alkyl halides is 4. The first-order valence-electron chi connectivity index (χ1n) is 11.9. The molecule has 2 fully saturated rings. The number of hydrogen-bond donors (Lipinski definition) is 0. The van der Waals surface area contributed by atoms with Gasteiger partial charge in [-0.1, -0.05) is 0 Å². The second-order valence-electron chi connectivity index (χ2n) is 10.1. The van der Waals surface area contributed by atoms with Crippen molar-refractivity contribution in [2.24, 2.45) is 0 Å². The molecule has 2 atom stereocenters. The molecule has 0 N–H and O–H groups in total. The summed E-state index contributed by atoms with van der Waals surface area (Å²) in [6, 6.07) is 2.43. The molecule has 192 valence electrons. The van der Waals surface area contributed by atoms with E-state index in [0.717, 1.165) is 38.3 Å². The summed E-state index contributed by atoms with van der Waals surface area (Å²) in [5.74, 6) is -0.0926. The standard InChI is InChI=1S/C24H31F4N5O2/c1-23(2,3)35-22(34)33-10-6-17(18(25)14-33)21-30-19(15-32(21)12-11-31-8-4-9-31)16-5-7-29-20(13-16)24(26,27)28/h5,7,13,15,17-18H,4,6,8-12,14H2,1-3H3. The number of likely N-dealkylation sites (tertiary alicyclic amines) is 2. The highest BCUT2D eigenvalue weighted by atomic mass is 19.4. The molecule has 0 saturated carbocycles. The lowest BCUT2D eigenvalue weighted by molar-refractivity contribution is -0.141. The van der Waals surface area contributed by atoms with Crippen molar-refractivity contribution in [1.29, 1.82) is 0 Å². The number of imidazole rings is 1. The number of rotatable bonds is 5. The van der Waals surface area contributed by atoms with Crippen molar-refractivity contribution >= 4 is 6.09 Å². The molecule has 7 nitrogen and oxygen atoms in total. The molecular formula is C24H31F4N5O2. The molecule has 35 heavy (non-hydrogen) atoms. The highest BCUT2D eigenvalue weighted by molar-refractivity contribution is 5.68. The van der Waals surface area contributed by atoms with Gasteiger partial charge in [0.25, 0.3) is 0 Å². The highest BCUT2D eigenvalue weighted by Crippen LogP contribution is 2.34. The van der Waals surface area contributed by atoms with E-state index in [1.54, 1.807) is 27.0 Å². The number of nitrogens with zero attached hydrogens (tertiary/aromatic N) is 5. The number of hydrogen-bond acceptors (Lipinski definition) is 5. The summed E-state index contributed by atoms with van der Waals surface area (Å²) < 4.78 is 62.2. The molecule has 4 rings (SSSR count). The summed E-state index contributed by atoms with van der Waals surface area (Å²) in [6.45, 7) is 8.74. The number of aromatic nitrogens is 3. The van der Waals surface area contributed by atoms with Crippen LogP contribution in [0.4, 0.5) is 22.4 Å². The third-order valence-electron chi connectivity index (χ3n) is 6.28. The number of halogens is 4. The predicted molar refractivity (Wildman–Crippen MR) is 122 cm³/mol. The van der Waals surface area contributed by atoms with Crippen LogP contribution in [0.3, 0.4) is 0 Å². The number of ether oxygens (including phenoxy) is 1. The SMILES string of the molecule is CC(C)(C)OC(=O)N1CCC(c2nc(-c3ccnc(C(F)(F)F)c3)cn2CCN2CCC2)C(F)C1. The van der Waals surface area contributed by atoms with Gasteiger partial charge in [-0.2, -0.15) is 13.2 Å². The first-order valence-corrected chi connectivity index (χ1v) is 11.9. The van der Waals surface area contributed by atoms with Gasteiger partial charge in [-0.15, -0.1) is 0 Å². The molecule has 0 aliphatic carbocycles. The average Bonchev–Trinajstić information content (AvgIpc) is 3.15. The number of piperidine rings is 1. The first kappa shape index (κ1) is 25.4. The molecule has 0 bridgehead atoms. The van der Waals surface area contributed by atoms with Crippen LogP contribution >= 0.6 is 0 Å². The number of carbonyl (C=O) groups is 1. The highest BCUT2D eigenvalue weighted by Gasteiger charge is 2.37. The summed E-state index contributed by atoms with van der Waals surface area (Å²) in [5, 5.41) is 0. The second kappa shape index (κ2) is 9.75.